The van der Waals surface area contributed by atoms with Crippen molar-refractivity contribution in [3.63, 3.8) is 0 Å². The molecule has 0 N–H and O–H groups in total. The maximum absolute atomic E-state index is 12.9. The van der Waals surface area contributed by atoms with Crippen molar-refractivity contribution >= 4 is 5.91 Å². The van der Waals surface area contributed by atoms with Crippen molar-refractivity contribution in [1.29, 1.82) is 0 Å². The van der Waals surface area contributed by atoms with Crippen molar-refractivity contribution in [3.8, 4) is 0 Å². The minimum absolute atomic E-state index is 0.198. The number of amides is 1. The lowest BCUT2D eigenvalue weighted by molar-refractivity contribution is 0.00148. The molecule has 2 fully saturated rings. The molecule has 5 heteroatoms. The molecule has 5 nitrogen and oxygen atoms in total. The van der Waals surface area contributed by atoms with Crippen LogP contribution in [-0.4, -0.2) is 57.2 Å². The molecule has 3 heterocycles. The number of aryl methyl sites for hydroxylation is 2. The van der Waals surface area contributed by atoms with Gasteiger partial charge in [0.15, 0.2) is 0 Å². The van der Waals surface area contributed by atoms with Gasteiger partial charge in [-0.1, -0.05) is 6.42 Å². The molecule has 1 aliphatic carbocycles. The van der Waals surface area contributed by atoms with E-state index in [-0.39, 0.29) is 5.91 Å². The van der Waals surface area contributed by atoms with Gasteiger partial charge in [0.25, 0.3) is 5.91 Å². The number of rotatable bonds is 2. The van der Waals surface area contributed by atoms with Gasteiger partial charge in [0.2, 0.25) is 0 Å². The summed E-state index contributed by atoms with van der Waals surface area (Å²) in [5.74, 6) is 0.198. The van der Waals surface area contributed by atoms with Crippen molar-refractivity contribution in [3.05, 3.63) is 17.0 Å². The van der Waals surface area contributed by atoms with Crippen molar-refractivity contribution in [2.75, 3.05) is 19.6 Å². The van der Waals surface area contributed by atoms with Crippen LogP contribution in [0.15, 0.2) is 0 Å². The topological polar surface area (TPSA) is 41.4 Å². The van der Waals surface area contributed by atoms with Gasteiger partial charge in [0.05, 0.1) is 5.69 Å². The molecule has 126 valence electrons. The van der Waals surface area contributed by atoms with Crippen LogP contribution >= 0.6 is 0 Å². The van der Waals surface area contributed by atoms with Crippen LogP contribution in [0.4, 0.5) is 0 Å². The van der Waals surface area contributed by atoms with Crippen molar-refractivity contribution in [1.82, 2.24) is 19.6 Å². The third kappa shape index (κ3) is 2.59. The molecule has 3 aliphatic rings. The number of carbonyl (C=O) groups excluding carboxylic acids is 1. The molecule has 4 rings (SSSR count). The largest absolute Gasteiger partial charge is 0.334 e. The Labute approximate surface area is 138 Å². The quantitative estimate of drug-likeness (QED) is 0.838. The first-order valence-electron chi connectivity index (χ1n) is 9.25. The summed E-state index contributed by atoms with van der Waals surface area (Å²) in [6, 6.07) is 1.24. The van der Waals surface area contributed by atoms with Crippen LogP contribution in [0, 0.1) is 0 Å². The van der Waals surface area contributed by atoms with Gasteiger partial charge in [0.1, 0.15) is 5.69 Å². The second-order valence-corrected chi connectivity index (χ2v) is 7.55. The zero-order valence-electron chi connectivity index (χ0n) is 14.4. The van der Waals surface area contributed by atoms with Crippen molar-refractivity contribution in [2.45, 2.75) is 64.0 Å². The van der Waals surface area contributed by atoms with E-state index in [2.05, 4.69) is 16.9 Å². The van der Waals surface area contributed by atoms with Gasteiger partial charge in [-0.2, -0.15) is 5.10 Å². The van der Waals surface area contributed by atoms with Gasteiger partial charge >= 0.3 is 0 Å². The highest BCUT2D eigenvalue weighted by Crippen LogP contribution is 2.28. The van der Waals surface area contributed by atoms with E-state index in [0.29, 0.717) is 12.1 Å². The number of piperidine rings is 1. The maximum atomic E-state index is 12.9. The van der Waals surface area contributed by atoms with Crippen LogP contribution in [0.25, 0.3) is 0 Å². The highest BCUT2D eigenvalue weighted by atomic mass is 16.2. The number of fused-ring (bicyclic) bond motifs is 1. The maximum Gasteiger partial charge on any atom is 0.272 e. The molecule has 1 amide bonds. The molecule has 23 heavy (non-hydrogen) atoms. The first-order chi connectivity index (χ1) is 11.1. The molecule has 1 aromatic rings. The van der Waals surface area contributed by atoms with E-state index in [0.717, 1.165) is 37.3 Å². The first kappa shape index (κ1) is 15.2. The number of nitrogens with zero attached hydrogens (tertiary/aromatic N) is 4. The van der Waals surface area contributed by atoms with Gasteiger partial charge in [-0.3, -0.25) is 14.4 Å². The van der Waals surface area contributed by atoms with E-state index in [1.54, 1.807) is 0 Å². The molecule has 0 saturated carbocycles. The zero-order chi connectivity index (χ0) is 16.0. The van der Waals surface area contributed by atoms with E-state index < -0.39 is 0 Å². The molecule has 0 bridgehead atoms. The van der Waals surface area contributed by atoms with Gasteiger partial charge < -0.3 is 4.90 Å². The molecule has 1 aromatic heterocycles. The Morgan fingerprint density at radius 2 is 1.91 bits per heavy atom. The number of hydrogen-bond donors (Lipinski definition) is 0. The minimum atomic E-state index is 0.198. The van der Waals surface area contributed by atoms with E-state index in [1.807, 2.05) is 16.6 Å². The Hall–Kier alpha value is -1.36. The van der Waals surface area contributed by atoms with E-state index >= 15 is 0 Å². The van der Waals surface area contributed by atoms with Crippen LogP contribution in [0.1, 0.15) is 60.8 Å². The Morgan fingerprint density at radius 1 is 1.13 bits per heavy atom. The number of aromatic nitrogens is 2. The molecule has 2 saturated heterocycles. The van der Waals surface area contributed by atoms with E-state index in [4.69, 9.17) is 0 Å². The fraction of sp³-hybridized carbons (Fsp3) is 0.778. The molecule has 0 spiro atoms. The third-order valence-corrected chi connectivity index (χ3v) is 5.99. The molecule has 0 radical (unpaired) electrons. The Kier molecular flexibility index (Phi) is 3.92. The van der Waals surface area contributed by atoms with E-state index in [1.165, 1.54) is 44.2 Å². The number of hydrogen-bond acceptors (Lipinski definition) is 3. The Balaban J connectivity index is 1.44. The summed E-state index contributed by atoms with van der Waals surface area (Å²) in [5.41, 5.74) is 3.23. The minimum Gasteiger partial charge on any atom is -0.334 e. The summed E-state index contributed by atoms with van der Waals surface area (Å²) in [5, 5.41) is 4.59. The van der Waals surface area contributed by atoms with Gasteiger partial charge in [0, 0.05) is 37.8 Å². The average molecular weight is 316 g/mol. The van der Waals surface area contributed by atoms with Crippen molar-refractivity contribution in [2.24, 2.45) is 7.05 Å². The van der Waals surface area contributed by atoms with E-state index in [9.17, 15) is 4.79 Å². The van der Waals surface area contributed by atoms with Gasteiger partial charge in [-0.05, 0) is 52.0 Å². The second-order valence-electron chi connectivity index (χ2n) is 7.55. The SMILES string of the molecule is CC1CCCCN1C1CN(C(=O)c2c3c(nn2C)CCCC3)C1. The number of carbonyl (C=O) groups is 1. The molecule has 2 aliphatic heterocycles. The number of likely N-dealkylation sites (tertiary alicyclic amines) is 2. The van der Waals surface area contributed by atoms with Crippen LogP contribution < -0.4 is 0 Å². The summed E-state index contributed by atoms with van der Waals surface area (Å²) >= 11 is 0. The lowest BCUT2D eigenvalue weighted by atomic mass is 9.94. The fourth-order valence-electron chi connectivity index (χ4n) is 4.59. The van der Waals surface area contributed by atoms with Crippen LogP contribution in [0.5, 0.6) is 0 Å². The highest BCUT2D eigenvalue weighted by molar-refractivity contribution is 5.95. The first-order valence-corrected chi connectivity index (χ1v) is 9.25. The average Bonchev–Trinajstić information content (AvgIpc) is 2.83. The van der Waals surface area contributed by atoms with Crippen LogP contribution in [0.2, 0.25) is 0 Å². The monoisotopic (exact) mass is 316 g/mol. The zero-order valence-corrected chi connectivity index (χ0v) is 14.4. The summed E-state index contributed by atoms with van der Waals surface area (Å²) in [7, 11) is 1.93. The molecule has 1 atom stereocenters. The van der Waals surface area contributed by atoms with Crippen LogP contribution in [0.3, 0.4) is 0 Å². The third-order valence-electron chi connectivity index (χ3n) is 5.99. The highest BCUT2D eigenvalue weighted by Gasteiger charge is 2.39. The second kappa shape index (κ2) is 5.93. The van der Waals surface area contributed by atoms with Crippen molar-refractivity contribution < 1.29 is 4.79 Å². The fourth-order valence-corrected chi connectivity index (χ4v) is 4.59. The lowest BCUT2D eigenvalue weighted by Crippen LogP contribution is -2.63. The van der Waals surface area contributed by atoms with Gasteiger partial charge in [-0.25, -0.2) is 0 Å². The predicted molar refractivity (Wildman–Crippen MR) is 89.6 cm³/mol. The molecular weight excluding hydrogens is 288 g/mol. The standard InChI is InChI=1S/C18H28N4O/c1-13-7-5-6-10-22(13)14-11-21(12-14)18(23)17-15-8-3-4-9-16(15)19-20(17)2/h13-14H,3-12H2,1-2H3. The summed E-state index contributed by atoms with van der Waals surface area (Å²) < 4.78 is 1.83. The van der Waals surface area contributed by atoms with Crippen LogP contribution in [-0.2, 0) is 19.9 Å². The van der Waals surface area contributed by atoms with Gasteiger partial charge in [-0.15, -0.1) is 0 Å². The normalized spacial score (nSPS) is 26.0. The molecular formula is C18H28N4O. The molecule has 1 unspecified atom stereocenters. The summed E-state index contributed by atoms with van der Waals surface area (Å²) in [6.07, 6.45) is 8.41. The Bertz CT molecular complexity index is 602. The Morgan fingerprint density at radius 3 is 2.70 bits per heavy atom. The summed E-state index contributed by atoms with van der Waals surface area (Å²) in [4.78, 5) is 17.6. The predicted octanol–water partition coefficient (Wildman–Crippen LogP) is 2.00. The molecule has 0 aromatic carbocycles. The lowest BCUT2D eigenvalue weighted by Gasteiger charge is -2.49. The summed E-state index contributed by atoms with van der Waals surface area (Å²) in [6.45, 7) is 5.32. The smallest absolute Gasteiger partial charge is 0.272 e.